The highest BCUT2D eigenvalue weighted by Crippen LogP contribution is 2.20. The molecule has 0 unspecified atom stereocenters. The van der Waals surface area contributed by atoms with E-state index in [-0.39, 0.29) is 29.7 Å². The number of hydrogen-bond donors (Lipinski definition) is 1. The zero-order valence-electron chi connectivity index (χ0n) is 16.0. The molecule has 27 heavy (non-hydrogen) atoms. The van der Waals surface area contributed by atoms with Gasteiger partial charge in [-0.25, -0.2) is 0 Å². The number of halogens is 3. The molecule has 0 spiro atoms. The summed E-state index contributed by atoms with van der Waals surface area (Å²) in [6, 6.07) is 6.64. The number of aliphatic imine (C=N–C) groups is 1. The zero-order valence-corrected chi connectivity index (χ0v) is 18.3. The van der Waals surface area contributed by atoms with Crippen molar-refractivity contribution in [3.05, 3.63) is 29.8 Å². The lowest BCUT2D eigenvalue weighted by Gasteiger charge is -2.22. The number of rotatable bonds is 9. The molecule has 0 saturated heterocycles. The standard InChI is InChI=1S/C19H29F2N3O2.HI/c1-22-19(23-12-5-13-25-16-6-3-4-7-16)24(2)14-15-8-10-17(11-9-15)26-18(20)21;/h8-11,16,18H,3-7,12-14H2,1-2H3,(H,22,23);1H. The molecule has 0 bridgehead atoms. The van der Waals surface area contributed by atoms with Crippen LogP contribution in [0.4, 0.5) is 8.78 Å². The second-order valence-corrected chi connectivity index (χ2v) is 6.48. The van der Waals surface area contributed by atoms with E-state index in [1.165, 1.54) is 25.7 Å². The fraction of sp³-hybridized carbons (Fsp3) is 0.632. The fourth-order valence-corrected chi connectivity index (χ4v) is 3.09. The highest BCUT2D eigenvalue weighted by atomic mass is 127. The molecule has 5 nitrogen and oxygen atoms in total. The molecule has 1 aromatic rings. The Morgan fingerprint density at radius 2 is 1.93 bits per heavy atom. The second kappa shape index (κ2) is 13.1. The maximum absolute atomic E-state index is 12.2. The van der Waals surface area contributed by atoms with Crippen LogP contribution in [0.3, 0.4) is 0 Å². The van der Waals surface area contributed by atoms with E-state index in [1.807, 2.05) is 11.9 Å². The molecule has 1 aliphatic carbocycles. The van der Waals surface area contributed by atoms with Crippen molar-refractivity contribution in [2.75, 3.05) is 27.2 Å². The van der Waals surface area contributed by atoms with Gasteiger partial charge in [0.2, 0.25) is 0 Å². The molecule has 1 saturated carbocycles. The first-order valence-electron chi connectivity index (χ1n) is 9.15. The molecule has 0 aromatic heterocycles. The van der Waals surface area contributed by atoms with E-state index in [1.54, 1.807) is 31.3 Å². The predicted molar refractivity (Wildman–Crippen MR) is 114 cm³/mol. The summed E-state index contributed by atoms with van der Waals surface area (Å²) in [6.45, 7) is -0.619. The highest BCUT2D eigenvalue weighted by molar-refractivity contribution is 14.0. The number of nitrogens with one attached hydrogen (secondary N) is 1. The third kappa shape index (κ3) is 9.05. The number of hydrogen-bond acceptors (Lipinski definition) is 3. The van der Waals surface area contributed by atoms with Crippen molar-refractivity contribution in [1.82, 2.24) is 10.2 Å². The average molecular weight is 497 g/mol. The lowest BCUT2D eigenvalue weighted by molar-refractivity contribution is -0.0498. The van der Waals surface area contributed by atoms with Crippen LogP contribution < -0.4 is 10.1 Å². The monoisotopic (exact) mass is 497 g/mol. The van der Waals surface area contributed by atoms with Crippen LogP contribution in [0.5, 0.6) is 5.75 Å². The molecule has 1 aliphatic rings. The molecule has 0 amide bonds. The van der Waals surface area contributed by atoms with E-state index in [0.717, 1.165) is 31.1 Å². The van der Waals surface area contributed by atoms with E-state index < -0.39 is 6.61 Å². The van der Waals surface area contributed by atoms with Crippen LogP contribution in [0.25, 0.3) is 0 Å². The topological polar surface area (TPSA) is 46.1 Å². The minimum atomic E-state index is -2.80. The number of benzene rings is 1. The Labute approximate surface area is 177 Å². The zero-order chi connectivity index (χ0) is 18.8. The quantitative estimate of drug-likeness (QED) is 0.240. The van der Waals surface area contributed by atoms with Gasteiger partial charge in [-0.1, -0.05) is 25.0 Å². The lowest BCUT2D eigenvalue weighted by atomic mass is 10.2. The van der Waals surface area contributed by atoms with Gasteiger partial charge < -0.3 is 19.7 Å². The highest BCUT2D eigenvalue weighted by Gasteiger charge is 2.14. The predicted octanol–water partition coefficient (Wildman–Crippen LogP) is 4.26. The van der Waals surface area contributed by atoms with Crippen molar-refractivity contribution in [2.24, 2.45) is 4.99 Å². The Morgan fingerprint density at radius 1 is 1.26 bits per heavy atom. The summed E-state index contributed by atoms with van der Waals surface area (Å²) in [5.74, 6) is 0.954. The van der Waals surface area contributed by atoms with Crippen LogP contribution in [0.2, 0.25) is 0 Å². The smallest absolute Gasteiger partial charge is 0.387 e. The van der Waals surface area contributed by atoms with Crippen LogP contribution >= 0.6 is 24.0 Å². The van der Waals surface area contributed by atoms with E-state index in [4.69, 9.17) is 4.74 Å². The van der Waals surface area contributed by atoms with Gasteiger partial charge in [-0.3, -0.25) is 4.99 Å². The largest absolute Gasteiger partial charge is 0.435 e. The van der Waals surface area contributed by atoms with Crippen molar-refractivity contribution in [3.8, 4) is 5.75 Å². The third-order valence-electron chi connectivity index (χ3n) is 4.40. The van der Waals surface area contributed by atoms with Crippen LogP contribution in [0, 0.1) is 0 Å². The maximum atomic E-state index is 12.2. The van der Waals surface area contributed by atoms with E-state index >= 15 is 0 Å². The number of ether oxygens (including phenoxy) is 2. The second-order valence-electron chi connectivity index (χ2n) is 6.48. The fourth-order valence-electron chi connectivity index (χ4n) is 3.09. The van der Waals surface area contributed by atoms with Gasteiger partial charge in [0.05, 0.1) is 6.10 Å². The molecule has 1 aromatic carbocycles. The van der Waals surface area contributed by atoms with Gasteiger partial charge in [-0.15, -0.1) is 24.0 Å². The normalized spacial score (nSPS) is 14.9. The van der Waals surface area contributed by atoms with Crippen molar-refractivity contribution >= 4 is 29.9 Å². The van der Waals surface area contributed by atoms with Crippen LogP contribution in [0.1, 0.15) is 37.7 Å². The molecule has 1 N–H and O–H groups in total. The molecule has 0 atom stereocenters. The van der Waals surface area contributed by atoms with Crippen LogP contribution in [0.15, 0.2) is 29.3 Å². The number of guanidine groups is 1. The number of alkyl halides is 2. The molecular formula is C19H30F2IN3O2. The van der Waals surface area contributed by atoms with Crippen LogP contribution in [-0.4, -0.2) is 50.8 Å². The molecule has 2 rings (SSSR count). The molecule has 0 radical (unpaired) electrons. The van der Waals surface area contributed by atoms with Crippen molar-refractivity contribution in [2.45, 2.75) is 51.4 Å². The first-order chi connectivity index (χ1) is 12.6. The van der Waals surface area contributed by atoms with Crippen molar-refractivity contribution in [1.29, 1.82) is 0 Å². The molecule has 0 heterocycles. The van der Waals surface area contributed by atoms with Gasteiger partial charge in [-0.05, 0) is 37.0 Å². The summed E-state index contributed by atoms with van der Waals surface area (Å²) in [7, 11) is 3.68. The Morgan fingerprint density at radius 3 is 2.52 bits per heavy atom. The van der Waals surface area contributed by atoms with Gasteiger partial charge in [0.15, 0.2) is 5.96 Å². The van der Waals surface area contributed by atoms with Gasteiger partial charge in [0.1, 0.15) is 5.75 Å². The maximum Gasteiger partial charge on any atom is 0.387 e. The Hall–Kier alpha value is -1.16. The van der Waals surface area contributed by atoms with E-state index in [2.05, 4.69) is 15.0 Å². The molecule has 1 fully saturated rings. The van der Waals surface area contributed by atoms with Gasteiger partial charge in [-0.2, -0.15) is 8.78 Å². The summed E-state index contributed by atoms with van der Waals surface area (Å²) < 4.78 is 34.6. The molecule has 0 aliphatic heterocycles. The summed E-state index contributed by atoms with van der Waals surface area (Å²) in [5, 5.41) is 3.32. The minimum Gasteiger partial charge on any atom is -0.435 e. The molecule has 8 heteroatoms. The summed E-state index contributed by atoms with van der Waals surface area (Å²) >= 11 is 0. The third-order valence-corrected chi connectivity index (χ3v) is 4.40. The summed E-state index contributed by atoms with van der Waals surface area (Å²) in [5.41, 5.74) is 0.988. The van der Waals surface area contributed by atoms with Gasteiger partial charge >= 0.3 is 6.61 Å². The summed E-state index contributed by atoms with van der Waals surface area (Å²) in [4.78, 5) is 6.27. The Kier molecular flexibility index (Phi) is 11.6. The van der Waals surface area contributed by atoms with Gasteiger partial charge in [0, 0.05) is 33.8 Å². The SMILES string of the molecule is CN=C(NCCCOC1CCCC1)N(C)Cc1ccc(OC(F)F)cc1.I. The Bertz CT molecular complexity index is 552. The van der Waals surface area contributed by atoms with Crippen LogP contribution in [-0.2, 0) is 11.3 Å². The minimum absolute atomic E-state index is 0. The summed E-state index contributed by atoms with van der Waals surface area (Å²) in [6.07, 6.45) is 6.35. The average Bonchev–Trinajstić information content (AvgIpc) is 3.12. The molecular weight excluding hydrogens is 467 g/mol. The van der Waals surface area contributed by atoms with E-state index in [0.29, 0.717) is 12.6 Å². The first-order valence-corrected chi connectivity index (χ1v) is 9.15. The Balaban J connectivity index is 0.00000364. The van der Waals surface area contributed by atoms with Crippen molar-refractivity contribution in [3.63, 3.8) is 0 Å². The number of nitrogens with zero attached hydrogens (tertiary/aromatic N) is 2. The lowest BCUT2D eigenvalue weighted by Crippen LogP contribution is -2.39. The first kappa shape index (κ1) is 23.9. The van der Waals surface area contributed by atoms with Gasteiger partial charge in [0.25, 0.3) is 0 Å². The van der Waals surface area contributed by atoms with E-state index in [9.17, 15) is 8.78 Å². The van der Waals surface area contributed by atoms with Crippen molar-refractivity contribution < 1.29 is 18.3 Å². The molecule has 154 valence electrons.